The van der Waals surface area contributed by atoms with Gasteiger partial charge in [-0.2, -0.15) is 5.26 Å². The van der Waals surface area contributed by atoms with Crippen LogP contribution in [0.2, 0.25) is 0 Å². The molecule has 0 atom stereocenters. The Hall–Kier alpha value is -1.29. The zero-order valence-electron chi connectivity index (χ0n) is 6.18. The smallest absolute Gasteiger partial charge is 0.0991 e. The van der Waals surface area contributed by atoms with Crippen molar-refractivity contribution in [2.75, 3.05) is 0 Å². The lowest BCUT2D eigenvalue weighted by Gasteiger charge is -1.80. The lowest BCUT2D eigenvalue weighted by Crippen LogP contribution is -1.66. The highest BCUT2D eigenvalue weighted by Crippen LogP contribution is 1.92. The van der Waals surface area contributed by atoms with E-state index in [1.807, 2.05) is 6.07 Å². The number of rotatable bonds is 0. The van der Waals surface area contributed by atoms with E-state index in [0.29, 0.717) is 0 Å². The van der Waals surface area contributed by atoms with Crippen LogP contribution in [0.1, 0.15) is 8.30 Å². The Morgan fingerprint density at radius 2 is 2.50 bits per heavy atom. The summed E-state index contributed by atoms with van der Waals surface area (Å²) in [6.45, 7) is 0. The van der Waals surface area contributed by atoms with Gasteiger partial charge in [-0.1, -0.05) is 18.2 Å². The molecule has 0 radical (unpaired) electrons. The van der Waals surface area contributed by atoms with E-state index in [-0.39, 0.29) is 17.6 Å². The van der Waals surface area contributed by atoms with Crippen LogP contribution >= 0.6 is 0 Å². The maximum absolute atomic E-state index is 8.39. The number of nitriles is 1. The summed E-state index contributed by atoms with van der Waals surface area (Å²) in [6, 6.07) is 6.54. The first-order valence-electron chi connectivity index (χ1n) is 3.22. The fraction of sp³-hybridized carbons (Fsp3) is 0. The van der Waals surface area contributed by atoms with Crippen LogP contribution in [0.4, 0.5) is 0 Å². The van der Waals surface area contributed by atoms with Crippen LogP contribution in [0.15, 0.2) is 30.3 Å². The second-order valence-corrected chi connectivity index (χ2v) is 1.32. The number of nitrogens with zero attached hydrogens (tertiary/aromatic N) is 1. The molecule has 1 aromatic rings. The van der Waals surface area contributed by atoms with Gasteiger partial charge in [-0.3, -0.25) is 0 Å². The molecule has 1 nitrogen and oxygen atoms in total. The predicted molar refractivity (Wildman–Crippen MR) is 31.2 cm³/mol. The van der Waals surface area contributed by atoms with Gasteiger partial charge in [0.25, 0.3) is 0 Å². The maximum atomic E-state index is 8.39. The molecule has 38 valence electrons. The third-order valence-corrected chi connectivity index (χ3v) is 0.770. The summed E-state index contributed by atoms with van der Waals surface area (Å²) in [5.41, 5.74) is 0.257. The van der Waals surface area contributed by atoms with Crippen molar-refractivity contribution in [1.82, 2.24) is 0 Å². The van der Waals surface area contributed by atoms with Gasteiger partial charge in [-0.05, 0) is 12.1 Å². The molecule has 0 aliphatic carbocycles. The minimum atomic E-state index is 0.00463. The summed E-state index contributed by atoms with van der Waals surface area (Å²) in [6.07, 6.45) is 0. The fourth-order valence-corrected chi connectivity index (χ4v) is 0.419. The van der Waals surface area contributed by atoms with E-state index >= 15 is 0 Å². The van der Waals surface area contributed by atoms with Crippen LogP contribution in [0.3, 0.4) is 0 Å². The number of hydrogen-bond acceptors (Lipinski definition) is 1. The van der Waals surface area contributed by atoms with E-state index < -0.39 is 0 Å². The van der Waals surface area contributed by atoms with Gasteiger partial charge in [0.2, 0.25) is 0 Å². The molecule has 0 aliphatic heterocycles. The van der Waals surface area contributed by atoms with Gasteiger partial charge < -0.3 is 0 Å². The van der Waals surface area contributed by atoms with E-state index in [1.165, 1.54) is 12.1 Å². The second-order valence-electron chi connectivity index (χ2n) is 1.32. The van der Waals surface area contributed by atoms with Crippen LogP contribution in [-0.2, 0) is 0 Å². The van der Waals surface area contributed by atoms with Crippen molar-refractivity contribution in [3.63, 3.8) is 0 Å². The van der Waals surface area contributed by atoms with E-state index in [4.69, 9.17) is 8.00 Å². The molecule has 0 unspecified atom stereocenters. The summed E-state index contributed by atoms with van der Waals surface area (Å²) < 4.78 is 14.3. The first kappa shape index (κ1) is 2.88. The monoisotopic (exact) mass is 105 g/mol. The summed E-state index contributed by atoms with van der Waals surface area (Å²) in [5.74, 6) is 0. The number of benzene rings is 1. The van der Waals surface area contributed by atoms with Crippen LogP contribution in [0.5, 0.6) is 0 Å². The Balaban J connectivity index is 3.31. The minimum absolute atomic E-state index is 0.00463. The zero-order valence-corrected chi connectivity index (χ0v) is 4.18. The molecule has 0 aliphatic rings. The molecule has 0 N–H and O–H groups in total. The highest BCUT2D eigenvalue weighted by Gasteiger charge is 1.79. The molecule has 0 bridgehead atoms. The Kier molecular flexibility index (Phi) is 0.768. The molecule has 8 heavy (non-hydrogen) atoms. The van der Waals surface area contributed by atoms with Crippen molar-refractivity contribution in [1.29, 1.82) is 5.26 Å². The maximum Gasteiger partial charge on any atom is 0.0991 e. The van der Waals surface area contributed by atoms with Gasteiger partial charge >= 0.3 is 0 Å². The van der Waals surface area contributed by atoms with Crippen LogP contribution in [0, 0.1) is 11.3 Å². The third-order valence-electron chi connectivity index (χ3n) is 0.770. The van der Waals surface area contributed by atoms with Gasteiger partial charge in [0, 0.05) is 0 Å². The van der Waals surface area contributed by atoms with Gasteiger partial charge in [0.1, 0.15) is 0 Å². The largest absolute Gasteiger partial charge is 0.192 e. The first-order valence-corrected chi connectivity index (χ1v) is 2.22. The first-order chi connectivity index (χ1) is 4.75. The normalized spacial score (nSPS) is 11.4. The van der Waals surface area contributed by atoms with Crippen molar-refractivity contribution in [2.45, 2.75) is 0 Å². The molecule has 0 fully saturated rings. The summed E-state index contributed by atoms with van der Waals surface area (Å²) in [7, 11) is 0. The Labute approximate surface area is 51.0 Å². The van der Waals surface area contributed by atoms with Crippen molar-refractivity contribution in [3.8, 4) is 6.07 Å². The van der Waals surface area contributed by atoms with E-state index in [2.05, 4.69) is 0 Å². The highest BCUT2D eigenvalue weighted by atomic mass is 14.2. The van der Waals surface area contributed by atoms with E-state index in [9.17, 15) is 0 Å². The highest BCUT2D eigenvalue weighted by molar-refractivity contribution is 5.27. The average Bonchev–Trinajstić information content (AvgIpc) is 1.95. The molecule has 0 saturated heterocycles. The molecule has 0 spiro atoms. The average molecular weight is 105 g/mol. The Morgan fingerprint density at radius 3 is 3.12 bits per heavy atom. The van der Waals surface area contributed by atoms with Crippen molar-refractivity contribution in [3.05, 3.63) is 35.8 Å². The van der Waals surface area contributed by atoms with Gasteiger partial charge in [0.15, 0.2) is 0 Å². The molecule has 1 rings (SSSR count). The quantitative estimate of drug-likeness (QED) is 0.491. The minimum Gasteiger partial charge on any atom is -0.192 e. The second kappa shape index (κ2) is 2.13. The molecule has 1 heteroatoms. The SMILES string of the molecule is [2H]c1cccc(C#N)c1[2H]. The Bertz CT molecular complexity index is 288. The topological polar surface area (TPSA) is 23.8 Å². The van der Waals surface area contributed by atoms with Crippen molar-refractivity contribution in [2.24, 2.45) is 0 Å². The van der Waals surface area contributed by atoms with Crippen molar-refractivity contribution < 1.29 is 2.74 Å². The van der Waals surface area contributed by atoms with Crippen LogP contribution in [-0.4, -0.2) is 0 Å². The standard InChI is InChI=1S/C7H5N/c8-6-7-4-2-1-3-5-7/h1-5H/i2D,4D. The van der Waals surface area contributed by atoms with Crippen molar-refractivity contribution >= 4 is 0 Å². The summed E-state index contributed by atoms with van der Waals surface area (Å²) in [5, 5.41) is 8.39. The van der Waals surface area contributed by atoms with Crippen LogP contribution in [0.25, 0.3) is 0 Å². The molecule has 1 aromatic carbocycles. The molecular formula is C7H5N. The lowest BCUT2D eigenvalue weighted by atomic mass is 10.2. The summed E-state index contributed by atoms with van der Waals surface area (Å²) in [4.78, 5) is 0. The number of hydrogen-bond donors (Lipinski definition) is 0. The Morgan fingerprint density at radius 1 is 1.62 bits per heavy atom. The molecule has 0 saturated carbocycles. The molecule has 0 heterocycles. The lowest BCUT2D eigenvalue weighted by molar-refractivity contribution is 1.49. The van der Waals surface area contributed by atoms with Crippen LogP contribution < -0.4 is 0 Å². The third kappa shape index (κ3) is 0.855. The predicted octanol–water partition coefficient (Wildman–Crippen LogP) is 1.56. The van der Waals surface area contributed by atoms with Gasteiger partial charge in [-0.25, -0.2) is 0 Å². The van der Waals surface area contributed by atoms with E-state index in [0.717, 1.165) is 0 Å². The molecule has 0 aromatic heterocycles. The van der Waals surface area contributed by atoms with Gasteiger partial charge in [0.05, 0.1) is 14.4 Å². The molecule has 0 amide bonds. The summed E-state index contributed by atoms with van der Waals surface area (Å²) >= 11 is 0. The zero-order chi connectivity index (χ0) is 7.56. The molecular weight excluding hydrogens is 98.1 g/mol. The van der Waals surface area contributed by atoms with Gasteiger partial charge in [-0.15, -0.1) is 0 Å². The van der Waals surface area contributed by atoms with E-state index in [1.54, 1.807) is 6.07 Å². The fourth-order valence-electron chi connectivity index (χ4n) is 0.419.